The maximum Gasteiger partial charge on any atom is 0.322 e. The van der Waals surface area contributed by atoms with E-state index in [1.807, 2.05) is 6.92 Å². The van der Waals surface area contributed by atoms with Crippen molar-refractivity contribution in [1.29, 1.82) is 0 Å². The highest BCUT2D eigenvalue weighted by Crippen LogP contribution is 2.49. The molecule has 4 atom stereocenters. The summed E-state index contributed by atoms with van der Waals surface area (Å²) < 4.78 is 0. The van der Waals surface area contributed by atoms with Crippen LogP contribution in [0.5, 0.6) is 0 Å². The molecule has 2 saturated heterocycles. The van der Waals surface area contributed by atoms with Crippen molar-refractivity contribution in [2.24, 2.45) is 28.7 Å². The number of halogens is 1. The quantitative estimate of drug-likeness (QED) is 0.227. The fourth-order valence-corrected chi connectivity index (χ4v) is 6.01. The van der Waals surface area contributed by atoms with Gasteiger partial charge in [-0.1, -0.05) is 6.42 Å². The molecule has 0 aromatic heterocycles. The molecule has 2 aliphatic heterocycles. The molecule has 3 N–H and O–H groups in total. The van der Waals surface area contributed by atoms with Crippen LogP contribution < -0.4 is 16.0 Å². The normalized spacial score (nSPS) is 34.8. The zero-order valence-corrected chi connectivity index (χ0v) is 20.0. The van der Waals surface area contributed by atoms with Gasteiger partial charge in [0.1, 0.15) is 5.54 Å². The van der Waals surface area contributed by atoms with Gasteiger partial charge in [0, 0.05) is 26.2 Å². The van der Waals surface area contributed by atoms with Crippen molar-refractivity contribution in [2.75, 3.05) is 26.2 Å². The maximum absolute atomic E-state index is 12.2. The van der Waals surface area contributed by atoms with Gasteiger partial charge in [0.2, 0.25) is 0 Å². The summed E-state index contributed by atoms with van der Waals surface area (Å²) in [7, 11) is 0. The lowest BCUT2D eigenvalue weighted by atomic mass is 9.79. The Morgan fingerprint density at radius 2 is 1.97 bits per heavy atom. The molecule has 0 spiro atoms. The Kier molecular flexibility index (Phi) is 7.32. The maximum atomic E-state index is 12.2. The van der Waals surface area contributed by atoms with E-state index in [4.69, 9.17) is 4.99 Å². The molecule has 2 saturated carbocycles. The Labute approximate surface area is 191 Å². The van der Waals surface area contributed by atoms with Gasteiger partial charge < -0.3 is 15.5 Å². The summed E-state index contributed by atoms with van der Waals surface area (Å²) >= 11 is 0. The van der Waals surface area contributed by atoms with E-state index in [2.05, 4.69) is 27.8 Å². The third-order valence-corrected chi connectivity index (χ3v) is 7.66. The molecule has 0 radical (unpaired) electrons. The van der Waals surface area contributed by atoms with Crippen LogP contribution in [0.15, 0.2) is 4.99 Å². The second kappa shape index (κ2) is 9.39. The highest BCUT2D eigenvalue weighted by Gasteiger charge is 2.48. The number of urea groups is 1. The minimum absolute atomic E-state index is 0. The lowest BCUT2D eigenvalue weighted by Crippen LogP contribution is -2.55. The predicted octanol–water partition coefficient (Wildman–Crippen LogP) is 2.71. The van der Waals surface area contributed by atoms with Crippen LogP contribution in [-0.4, -0.2) is 54.5 Å². The second-order valence-electron chi connectivity index (χ2n) is 9.33. The molecule has 4 aliphatic rings. The fraction of sp³-hybridized carbons (Fsp3) is 0.857. The number of nitrogens with zero attached hydrogens (tertiary/aromatic N) is 2. The van der Waals surface area contributed by atoms with E-state index < -0.39 is 5.54 Å². The second-order valence-corrected chi connectivity index (χ2v) is 9.33. The molecule has 4 fully saturated rings. The number of amides is 3. The predicted molar refractivity (Wildman–Crippen MR) is 124 cm³/mol. The van der Waals surface area contributed by atoms with Crippen LogP contribution in [-0.2, 0) is 4.79 Å². The van der Waals surface area contributed by atoms with Gasteiger partial charge in [0.05, 0.1) is 0 Å². The Morgan fingerprint density at radius 3 is 2.52 bits per heavy atom. The van der Waals surface area contributed by atoms with Gasteiger partial charge in [-0.25, -0.2) is 4.79 Å². The molecule has 4 rings (SSSR count). The van der Waals surface area contributed by atoms with Crippen molar-refractivity contribution < 1.29 is 9.59 Å². The number of hydrogen-bond acceptors (Lipinski definition) is 3. The molecular formula is C21H36IN5O2. The largest absolute Gasteiger partial charge is 0.357 e. The van der Waals surface area contributed by atoms with Crippen LogP contribution in [0.3, 0.4) is 0 Å². The van der Waals surface area contributed by atoms with Gasteiger partial charge in [-0.05, 0) is 76.0 Å². The topological polar surface area (TPSA) is 85.8 Å². The number of piperidine rings is 1. The van der Waals surface area contributed by atoms with Crippen LogP contribution in [0, 0.1) is 23.7 Å². The van der Waals surface area contributed by atoms with Crippen molar-refractivity contribution in [2.45, 2.75) is 64.3 Å². The third kappa shape index (κ3) is 4.66. The molecule has 2 bridgehead atoms. The summed E-state index contributed by atoms with van der Waals surface area (Å²) in [5.41, 5.74) is -0.777. The van der Waals surface area contributed by atoms with Gasteiger partial charge in [-0.15, -0.1) is 24.0 Å². The van der Waals surface area contributed by atoms with E-state index in [1.165, 1.54) is 32.1 Å². The number of aliphatic imine (C=N–C) groups is 1. The molecule has 0 aromatic carbocycles. The lowest BCUT2D eigenvalue weighted by molar-refractivity contribution is -0.125. The Morgan fingerprint density at radius 1 is 1.21 bits per heavy atom. The molecule has 0 aromatic rings. The van der Waals surface area contributed by atoms with Crippen LogP contribution in [0.4, 0.5) is 4.79 Å². The van der Waals surface area contributed by atoms with Gasteiger partial charge in [0.25, 0.3) is 5.91 Å². The van der Waals surface area contributed by atoms with Crippen LogP contribution in [0.2, 0.25) is 0 Å². The van der Waals surface area contributed by atoms with E-state index >= 15 is 0 Å². The number of imide groups is 1. The van der Waals surface area contributed by atoms with E-state index in [-0.39, 0.29) is 41.8 Å². The van der Waals surface area contributed by atoms with E-state index in [9.17, 15) is 9.59 Å². The minimum atomic E-state index is -0.777. The highest BCUT2D eigenvalue weighted by atomic mass is 127. The van der Waals surface area contributed by atoms with Crippen molar-refractivity contribution in [3.05, 3.63) is 0 Å². The van der Waals surface area contributed by atoms with Crippen molar-refractivity contribution in [3.8, 4) is 0 Å². The standard InChI is InChI=1S/C21H35N5O2.HI/c1-3-22-19(23-9-6-16-13-14-4-5-15(16)12-14)26-10-7-17(8-11-26)21(2)18(27)24-20(28)25-21;/h14-17H,3-13H2,1-2H3,(H,22,23)(H2,24,25,27,28);1H. The Hall–Kier alpha value is -1.06. The fourth-order valence-electron chi connectivity index (χ4n) is 6.01. The summed E-state index contributed by atoms with van der Waals surface area (Å²) in [5, 5.41) is 8.67. The molecule has 164 valence electrons. The number of carbonyl (C=O) groups excluding carboxylic acids is 2. The van der Waals surface area contributed by atoms with Crippen molar-refractivity contribution >= 4 is 41.9 Å². The Balaban J connectivity index is 0.00000240. The number of rotatable bonds is 5. The SMILES string of the molecule is CCNC(=NCCC1CC2CCC1C2)N1CCC(C2(C)NC(=O)NC2=O)CC1.I. The molecule has 4 unspecified atom stereocenters. The molecule has 3 amide bonds. The molecule has 8 heteroatoms. The first-order valence-electron chi connectivity index (χ1n) is 11.2. The lowest BCUT2D eigenvalue weighted by Gasteiger charge is -2.39. The van der Waals surface area contributed by atoms with E-state index in [1.54, 1.807) is 0 Å². The number of nitrogens with one attached hydrogen (secondary N) is 3. The van der Waals surface area contributed by atoms with Crippen molar-refractivity contribution in [1.82, 2.24) is 20.9 Å². The van der Waals surface area contributed by atoms with Crippen LogP contribution in [0.1, 0.15) is 58.8 Å². The smallest absolute Gasteiger partial charge is 0.322 e. The highest BCUT2D eigenvalue weighted by molar-refractivity contribution is 14.0. The third-order valence-electron chi connectivity index (χ3n) is 7.66. The van der Waals surface area contributed by atoms with Gasteiger partial charge in [-0.3, -0.25) is 15.1 Å². The zero-order valence-electron chi connectivity index (χ0n) is 17.7. The van der Waals surface area contributed by atoms with Gasteiger partial charge in [-0.2, -0.15) is 0 Å². The first-order valence-corrected chi connectivity index (χ1v) is 11.2. The van der Waals surface area contributed by atoms with Gasteiger partial charge in [0.15, 0.2) is 5.96 Å². The molecule has 7 nitrogen and oxygen atoms in total. The van der Waals surface area contributed by atoms with E-state index in [0.717, 1.165) is 62.7 Å². The minimum Gasteiger partial charge on any atom is -0.357 e. The molecule has 2 heterocycles. The molecule has 2 aliphatic carbocycles. The summed E-state index contributed by atoms with van der Waals surface area (Å²) in [6.45, 7) is 7.46. The summed E-state index contributed by atoms with van der Waals surface area (Å²) in [6.07, 6.45) is 8.76. The number of hydrogen-bond donors (Lipinski definition) is 3. The number of guanidine groups is 1. The average Bonchev–Trinajstić information content (AvgIpc) is 3.36. The summed E-state index contributed by atoms with van der Waals surface area (Å²) in [4.78, 5) is 31.0. The van der Waals surface area contributed by atoms with Crippen molar-refractivity contribution in [3.63, 3.8) is 0 Å². The van der Waals surface area contributed by atoms with Crippen LogP contribution in [0.25, 0.3) is 0 Å². The van der Waals surface area contributed by atoms with E-state index in [0.29, 0.717) is 0 Å². The zero-order chi connectivity index (χ0) is 19.7. The monoisotopic (exact) mass is 517 g/mol. The number of likely N-dealkylation sites (tertiary alicyclic amines) is 1. The van der Waals surface area contributed by atoms with Gasteiger partial charge >= 0.3 is 6.03 Å². The summed E-state index contributed by atoms with van der Waals surface area (Å²) in [5.74, 6) is 3.83. The number of carbonyl (C=O) groups is 2. The molecule has 29 heavy (non-hydrogen) atoms. The first kappa shape index (κ1) is 22.6. The van der Waals surface area contributed by atoms with Crippen LogP contribution >= 0.6 is 24.0 Å². The number of fused-ring (bicyclic) bond motifs is 2. The first-order chi connectivity index (χ1) is 13.5. The molecular weight excluding hydrogens is 481 g/mol. The summed E-state index contributed by atoms with van der Waals surface area (Å²) in [6, 6.07) is -0.370. The Bertz CT molecular complexity index is 649. The average molecular weight is 517 g/mol.